The molecular weight excluding hydrogens is 334 g/mol. The highest BCUT2D eigenvalue weighted by molar-refractivity contribution is 5.95. The van der Waals surface area contributed by atoms with Crippen LogP contribution in [-0.4, -0.2) is 37.0 Å². The molecule has 0 bridgehead atoms. The van der Waals surface area contributed by atoms with Gasteiger partial charge in [0.25, 0.3) is 0 Å². The number of ether oxygens (including phenoxy) is 3. The molecule has 7 heteroatoms. The van der Waals surface area contributed by atoms with Crippen LogP contribution in [0.4, 0.5) is 5.69 Å². The number of rotatable bonds is 5. The van der Waals surface area contributed by atoms with Crippen LogP contribution >= 0.6 is 0 Å². The van der Waals surface area contributed by atoms with E-state index in [1.54, 1.807) is 16.7 Å². The second kappa shape index (κ2) is 7.93. The van der Waals surface area contributed by atoms with Crippen molar-refractivity contribution in [3.8, 4) is 17.5 Å². The Labute approximate surface area is 151 Å². The van der Waals surface area contributed by atoms with Gasteiger partial charge in [-0.05, 0) is 43.5 Å². The van der Waals surface area contributed by atoms with Gasteiger partial charge in [0.2, 0.25) is 0 Å². The summed E-state index contributed by atoms with van der Waals surface area (Å²) in [6, 6.07) is 9.19. The number of nitriles is 1. The molecule has 2 N–H and O–H groups in total. The number of nitrogens with zero attached hydrogens (tertiary/aromatic N) is 2. The molecule has 1 fully saturated rings. The van der Waals surface area contributed by atoms with Crippen LogP contribution in [0, 0.1) is 11.3 Å². The Bertz CT molecular complexity index is 815. The minimum atomic E-state index is -0.598. The SMILES string of the molecule is COC(=O)c1c(N)c(C#N)cn1-c1ccc(OCC2CCCCO2)cc1. The van der Waals surface area contributed by atoms with E-state index in [2.05, 4.69) is 0 Å². The van der Waals surface area contributed by atoms with Crippen LogP contribution in [0.5, 0.6) is 5.75 Å². The molecule has 2 heterocycles. The van der Waals surface area contributed by atoms with Gasteiger partial charge in [-0.1, -0.05) is 0 Å². The van der Waals surface area contributed by atoms with Crippen LogP contribution in [-0.2, 0) is 9.47 Å². The quantitative estimate of drug-likeness (QED) is 0.828. The molecular formula is C19H21N3O4. The van der Waals surface area contributed by atoms with Gasteiger partial charge in [0.1, 0.15) is 18.4 Å². The molecule has 1 aliphatic heterocycles. The number of hydrogen-bond donors (Lipinski definition) is 1. The predicted molar refractivity (Wildman–Crippen MR) is 95.3 cm³/mol. The van der Waals surface area contributed by atoms with Gasteiger partial charge in [0.05, 0.1) is 24.5 Å². The fourth-order valence-electron chi connectivity index (χ4n) is 2.95. The highest BCUT2D eigenvalue weighted by Crippen LogP contribution is 2.26. The van der Waals surface area contributed by atoms with Gasteiger partial charge >= 0.3 is 5.97 Å². The summed E-state index contributed by atoms with van der Waals surface area (Å²) < 4.78 is 17.8. The standard InChI is InChI=1S/C19H21N3O4/c1-24-19(23)18-17(21)13(10-20)11-22(18)14-5-7-15(8-6-14)26-12-16-4-2-3-9-25-16/h5-8,11,16H,2-4,9,12,21H2,1H3. The minimum Gasteiger partial charge on any atom is -0.491 e. The number of methoxy groups -OCH3 is 1. The number of hydrogen-bond acceptors (Lipinski definition) is 6. The summed E-state index contributed by atoms with van der Waals surface area (Å²) in [5, 5.41) is 9.17. The van der Waals surface area contributed by atoms with Crippen molar-refractivity contribution in [3.63, 3.8) is 0 Å². The zero-order valence-electron chi connectivity index (χ0n) is 14.6. The van der Waals surface area contributed by atoms with Crippen molar-refractivity contribution in [1.29, 1.82) is 5.26 Å². The molecule has 0 aliphatic carbocycles. The van der Waals surface area contributed by atoms with Crippen LogP contribution in [0.3, 0.4) is 0 Å². The highest BCUT2D eigenvalue weighted by atomic mass is 16.5. The van der Waals surface area contributed by atoms with Crippen molar-refractivity contribution in [2.45, 2.75) is 25.4 Å². The smallest absolute Gasteiger partial charge is 0.357 e. The first-order valence-electron chi connectivity index (χ1n) is 8.48. The Hall–Kier alpha value is -2.98. The Morgan fingerprint density at radius 1 is 1.38 bits per heavy atom. The van der Waals surface area contributed by atoms with E-state index in [4.69, 9.17) is 25.2 Å². The summed E-state index contributed by atoms with van der Waals surface area (Å²) in [7, 11) is 1.27. The van der Waals surface area contributed by atoms with Gasteiger partial charge in [-0.15, -0.1) is 0 Å². The van der Waals surface area contributed by atoms with Crippen molar-refractivity contribution >= 4 is 11.7 Å². The highest BCUT2D eigenvalue weighted by Gasteiger charge is 2.21. The molecule has 1 aromatic carbocycles. The lowest BCUT2D eigenvalue weighted by atomic mass is 10.1. The Morgan fingerprint density at radius 2 is 2.15 bits per heavy atom. The van der Waals surface area contributed by atoms with Crippen molar-refractivity contribution in [2.75, 3.05) is 26.1 Å². The van der Waals surface area contributed by atoms with Gasteiger partial charge in [-0.25, -0.2) is 4.79 Å². The maximum absolute atomic E-state index is 12.0. The first-order valence-corrected chi connectivity index (χ1v) is 8.48. The lowest BCUT2D eigenvalue weighted by Crippen LogP contribution is -2.25. The normalized spacial score (nSPS) is 16.7. The molecule has 0 amide bonds. The minimum absolute atomic E-state index is 0.106. The Balaban J connectivity index is 1.78. The number of nitrogen functional groups attached to an aromatic ring is 1. The molecule has 0 saturated carbocycles. The van der Waals surface area contributed by atoms with Gasteiger partial charge in [-0.2, -0.15) is 5.26 Å². The van der Waals surface area contributed by atoms with E-state index in [1.807, 2.05) is 18.2 Å². The third kappa shape index (κ3) is 3.65. The molecule has 3 rings (SSSR count). The average Bonchev–Trinajstić information content (AvgIpc) is 3.03. The van der Waals surface area contributed by atoms with E-state index < -0.39 is 5.97 Å². The molecule has 1 unspecified atom stereocenters. The fraction of sp³-hybridized carbons (Fsp3) is 0.368. The largest absolute Gasteiger partial charge is 0.491 e. The van der Waals surface area contributed by atoms with Crippen LogP contribution < -0.4 is 10.5 Å². The molecule has 136 valence electrons. The van der Waals surface area contributed by atoms with E-state index in [-0.39, 0.29) is 23.0 Å². The van der Waals surface area contributed by atoms with E-state index in [0.29, 0.717) is 18.0 Å². The summed E-state index contributed by atoms with van der Waals surface area (Å²) in [4.78, 5) is 12.0. The van der Waals surface area contributed by atoms with E-state index in [1.165, 1.54) is 19.7 Å². The molecule has 1 aromatic heterocycles. The lowest BCUT2D eigenvalue weighted by Gasteiger charge is -2.22. The summed E-state index contributed by atoms with van der Waals surface area (Å²) in [5.41, 5.74) is 7.05. The van der Waals surface area contributed by atoms with Crippen molar-refractivity contribution in [3.05, 3.63) is 41.7 Å². The van der Waals surface area contributed by atoms with E-state index >= 15 is 0 Å². The third-order valence-corrected chi connectivity index (χ3v) is 4.37. The van der Waals surface area contributed by atoms with Crippen LogP contribution in [0.1, 0.15) is 35.3 Å². The molecule has 1 saturated heterocycles. The predicted octanol–water partition coefficient (Wildman–Crippen LogP) is 2.67. The number of carbonyl (C=O) groups is 1. The van der Waals surface area contributed by atoms with Gasteiger partial charge < -0.3 is 24.5 Å². The summed E-state index contributed by atoms with van der Waals surface area (Å²) >= 11 is 0. The lowest BCUT2D eigenvalue weighted by molar-refractivity contribution is -0.0110. The Morgan fingerprint density at radius 3 is 2.77 bits per heavy atom. The van der Waals surface area contributed by atoms with E-state index in [9.17, 15) is 4.79 Å². The van der Waals surface area contributed by atoms with Gasteiger partial charge in [0, 0.05) is 18.5 Å². The summed E-state index contributed by atoms with van der Waals surface area (Å²) in [6.07, 6.45) is 4.95. The van der Waals surface area contributed by atoms with Crippen molar-refractivity contribution in [2.24, 2.45) is 0 Å². The van der Waals surface area contributed by atoms with E-state index in [0.717, 1.165) is 19.4 Å². The zero-order chi connectivity index (χ0) is 18.5. The molecule has 0 spiro atoms. The fourth-order valence-corrected chi connectivity index (χ4v) is 2.95. The zero-order valence-corrected chi connectivity index (χ0v) is 14.6. The maximum atomic E-state index is 12.0. The molecule has 2 aromatic rings. The summed E-state index contributed by atoms with van der Waals surface area (Å²) in [6.45, 7) is 1.31. The van der Waals surface area contributed by atoms with Crippen molar-refractivity contribution in [1.82, 2.24) is 4.57 Å². The topological polar surface area (TPSA) is 99.5 Å². The van der Waals surface area contributed by atoms with Crippen LogP contribution in [0.2, 0.25) is 0 Å². The molecule has 7 nitrogen and oxygen atoms in total. The van der Waals surface area contributed by atoms with Crippen LogP contribution in [0.25, 0.3) is 5.69 Å². The van der Waals surface area contributed by atoms with Gasteiger partial charge in [-0.3, -0.25) is 0 Å². The monoisotopic (exact) mass is 355 g/mol. The number of benzene rings is 1. The Kier molecular flexibility index (Phi) is 5.44. The third-order valence-electron chi connectivity index (χ3n) is 4.37. The van der Waals surface area contributed by atoms with Crippen molar-refractivity contribution < 1.29 is 19.0 Å². The first-order chi connectivity index (χ1) is 12.6. The number of carbonyl (C=O) groups excluding carboxylic acids is 1. The molecule has 0 radical (unpaired) electrons. The van der Waals surface area contributed by atoms with Gasteiger partial charge in [0.15, 0.2) is 5.69 Å². The maximum Gasteiger partial charge on any atom is 0.357 e. The number of anilines is 1. The number of nitrogens with two attached hydrogens (primary N) is 1. The summed E-state index contributed by atoms with van der Waals surface area (Å²) in [5.74, 6) is 0.113. The second-order valence-electron chi connectivity index (χ2n) is 6.07. The first kappa shape index (κ1) is 17.8. The number of esters is 1. The molecule has 1 atom stereocenters. The number of aromatic nitrogens is 1. The van der Waals surface area contributed by atoms with Crippen LogP contribution in [0.15, 0.2) is 30.5 Å². The molecule has 26 heavy (non-hydrogen) atoms. The average molecular weight is 355 g/mol. The second-order valence-corrected chi connectivity index (χ2v) is 6.07. The molecule has 1 aliphatic rings.